The van der Waals surface area contributed by atoms with Crippen molar-refractivity contribution in [3.63, 3.8) is 0 Å². The van der Waals surface area contributed by atoms with Crippen LogP contribution in [-0.2, 0) is 10.0 Å². The summed E-state index contributed by atoms with van der Waals surface area (Å²) in [6.07, 6.45) is 0. The van der Waals surface area contributed by atoms with Crippen LogP contribution < -0.4 is 4.90 Å². The van der Waals surface area contributed by atoms with E-state index in [9.17, 15) is 12.8 Å². The Kier molecular flexibility index (Phi) is 5.81. The molecule has 29 heavy (non-hydrogen) atoms. The lowest BCUT2D eigenvalue weighted by Gasteiger charge is -2.33. The second kappa shape index (κ2) is 8.20. The van der Waals surface area contributed by atoms with Crippen molar-refractivity contribution in [3.05, 3.63) is 63.7 Å². The molecule has 0 N–H and O–H groups in total. The molecular formula is C19H16Cl2FN3O2S2. The number of anilines is 1. The Hall–Kier alpha value is -1.71. The van der Waals surface area contributed by atoms with Crippen LogP contribution in [0.4, 0.5) is 9.52 Å². The Balaban J connectivity index is 1.45. The third-order valence-corrected chi connectivity index (χ3v) is 8.04. The first-order chi connectivity index (χ1) is 13.8. The summed E-state index contributed by atoms with van der Waals surface area (Å²) in [4.78, 5) is 6.85. The fourth-order valence-electron chi connectivity index (χ4n) is 3.07. The first-order valence-electron chi connectivity index (χ1n) is 8.76. The Morgan fingerprint density at radius 3 is 2.34 bits per heavy atom. The minimum atomic E-state index is -3.55. The van der Waals surface area contributed by atoms with Gasteiger partial charge in [-0.1, -0.05) is 29.3 Å². The summed E-state index contributed by atoms with van der Waals surface area (Å²) in [6, 6.07) is 10.8. The highest BCUT2D eigenvalue weighted by molar-refractivity contribution is 7.89. The van der Waals surface area contributed by atoms with Crippen molar-refractivity contribution in [2.45, 2.75) is 4.90 Å². The molecule has 0 saturated carbocycles. The molecule has 152 valence electrons. The van der Waals surface area contributed by atoms with Crippen LogP contribution in [-0.4, -0.2) is 43.9 Å². The second-order valence-corrected chi connectivity index (χ2v) is 10.1. The number of hydrogen-bond donors (Lipinski definition) is 0. The highest BCUT2D eigenvalue weighted by Crippen LogP contribution is 2.30. The molecule has 0 atom stereocenters. The van der Waals surface area contributed by atoms with E-state index in [1.54, 1.807) is 18.2 Å². The molecule has 3 aromatic rings. The average Bonchev–Trinajstić information content (AvgIpc) is 3.21. The Bertz CT molecular complexity index is 1130. The Labute approximate surface area is 182 Å². The van der Waals surface area contributed by atoms with Gasteiger partial charge in [-0.3, -0.25) is 0 Å². The van der Waals surface area contributed by atoms with Gasteiger partial charge in [0.1, 0.15) is 5.82 Å². The largest absolute Gasteiger partial charge is 0.345 e. The van der Waals surface area contributed by atoms with Crippen molar-refractivity contribution in [3.8, 4) is 11.3 Å². The molecule has 0 bridgehead atoms. The molecule has 4 rings (SSSR count). The zero-order valence-corrected chi connectivity index (χ0v) is 18.2. The summed E-state index contributed by atoms with van der Waals surface area (Å²) in [5.74, 6) is -0.486. The summed E-state index contributed by atoms with van der Waals surface area (Å²) in [7, 11) is -3.55. The van der Waals surface area contributed by atoms with E-state index in [1.807, 2.05) is 10.3 Å². The molecule has 0 aliphatic carbocycles. The molecule has 1 aliphatic heterocycles. The molecule has 5 nitrogen and oxygen atoms in total. The third-order valence-electron chi connectivity index (χ3n) is 4.67. The van der Waals surface area contributed by atoms with Gasteiger partial charge in [-0.05, 0) is 36.4 Å². The van der Waals surface area contributed by atoms with Crippen molar-refractivity contribution in [1.82, 2.24) is 9.29 Å². The molecule has 2 heterocycles. The van der Waals surface area contributed by atoms with Crippen LogP contribution in [0.2, 0.25) is 10.0 Å². The van der Waals surface area contributed by atoms with Crippen molar-refractivity contribution in [2.75, 3.05) is 31.1 Å². The predicted molar refractivity (Wildman–Crippen MR) is 115 cm³/mol. The van der Waals surface area contributed by atoms with Gasteiger partial charge in [-0.2, -0.15) is 4.31 Å². The molecule has 1 fully saturated rings. The van der Waals surface area contributed by atoms with Gasteiger partial charge in [-0.15, -0.1) is 11.3 Å². The Morgan fingerprint density at radius 1 is 1.00 bits per heavy atom. The van der Waals surface area contributed by atoms with Gasteiger partial charge in [0.25, 0.3) is 0 Å². The van der Waals surface area contributed by atoms with E-state index in [4.69, 9.17) is 23.2 Å². The smallest absolute Gasteiger partial charge is 0.243 e. The Morgan fingerprint density at radius 2 is 1.69 bits per heavy atom. The second-order valence-electron chi connectivity index (χ2n) is 6.49. The number of halogens is 3. The van der Waals surface area contributed by atoms with Gasteiger partial charge in [0, 0.05) is 42.1 Å². The van der Waals surface area contributed by atoms with E-state index in [2.05, 4.69) is 4.98 Å². The first-order valence-corrected chi connectivity index (χ1v) is 11.8. The van der Waals surface area contributed by atoms with Gasteiger partial charge in [0.05, 0.1) is 15.6 Å². The summed E-state index contributed by atoms with van der Waals surface area (Å²) >= 11 is 13.0. The monoisotopic (exact) mass is 471 g/mol. The van der Waals surface area contributed by atoms with E-state index in [0.717, 1.165) is 5.13 Å². The molecule has 1 aromatic heterocycles. The maximum Gasteiger partial charge on any atom is 0.243 e. The van der Waals surface area contributed by atoms with Crippen molar-refractivity contribution < 1.29 is 12.8 Å². The van der Waals surface area contributed by atoms with Crippen LogP contribution in [0, 0.1) is 5.82 Å². The van der Waals surface area contributed by atoms with Gasteiger partial charge >= 0.3 is 0 Å². The first kappa shape index (κ1) is 20.6. The SMILES string of the molecule is O=S(=O)(c1ccc(Cl)cc1)N1CCN(c2nc(-c3ccc(Cl)c(F)c3)cs2)CC1. The van der Waals surface area contributed by atoms with E-state index < -0.39 is 15.8 Å². The topological polar surface area (TPSA) is 53.5 Å². The fourth-order valence-corrected chi connectivity index (χ4v) is 5.63. The molecular weight excluding hydrogens is 456 g/mol. The molecule has 0 radical (unpaired) electrons. The number of rotatable bonds is 4. The minimum Gasteiger partial charge on any atom is -0.345 e. The average molecular weight is 472 g/mol. The lowest BCUT2D eigenvalue weighted by Crippen LogP contribution is -2.48. The normalized spacial score (nSPS) is 15.6. The molecule has 0 unspecified atom stereocenters. The van der Waals surface area contributed by atoms with Crippen LogP contribution in [0.5, 0.6) is 0 Å². The van der Waals surface area contributed by atoms with E-state index in [1.165, 1.54) is 39.9 Å². The number of piperazine rings is 1. The van der Waals surface area contributed by atoms with Crippen molar-refractivity contribution in [1.29, 1.82) is 0 Å². The van der Waals surface area contributed by atoms with Gasteiger partial charge in [0.2, 0.25) is 10.0 Å². The predicted octanol–water partition coefficient (Wildman–Crippen LogP) is 4.77. The molecule has 10 heteroatoms. The highest BCUT2D eigenvalue weighted by Gasteiger charge is 2.29. The number of hydrogen-bond acceptors (Lipinski definition) is 5. The summed E-state index contributed by atoms with van der Waals surface area (Å²) in [5.41, 5.74) is 1.31. The number of nitrogens with zero attached hydrogens (tertiary/aromatic N) is 3. The van der Waals surface area contributed by atoms with E-state index in [-0.39, 0.29) is 9.92 Å². The molecule has 2 aromatic carbocycles. The van der Waals surface area contributed by atoms with E-state index >= 15 is 0 Å². The number of benzene rings is 2. The van der Waals surface area contributed by atoms with Crippen LogP contribution in [0.1, 0.15) is 0 Å². The van der Waals surface area contributed by atoms with Gasteiger partial charge in [0.15, 0.2) is 5.13 Å². The number of sulfonamides is 1. The fraction of sp³-hybridized carbons (Fsp3) is 0.211. The van der Waals surface area contributed by atoms with Crippen LogP contribution >= 0.6 is 34.5 Å². The van der Waals surface area contributed by atoms with Gasteiger partial charge < -0.3 is 4.90 Å². The lowest BCUT2D eigenvalue weighted by molar-refractivity contribution is 0.385. The summed E-state index contributed by atoms with van der Waals surface area (Å²) in [5, 5.41) is 3.20. The number of aromatic nitrogens is 1. The van der Waals surface area contributed by atoms with Crippen LogP contribution in [0.15, 0.2) is 52.7 Å². The molecule has 0 spiro atoms. The molecule has 1 saturated heterocycles. The third kappa shape index (κ3) is 4.27. The zero-order chi connectivity index (χ0) is 20.6. The van der Waals surface area contributed by atoms with Gasteiger partial charge in [-0.25, -0.2) is 17.8 Å². The molecule has 1 aliphatic rings. The zero-order valence-electron chi connectivity index (χ0n) is 15.1. The van der Waals surface area contributed by atoms with Crippen molar-refractivity contribution in [2.24, 2.45) is 0 Å². The van der Waals surface area contributed by atoms with Crippen molar-refractivity contribution >= 4 is 49.7 Å². The quantitative estimate of drug-likeness (QED) is 0.549. The maximum atomic E-state index is 13.7. The summed E-state index contributed by atoms with van der Waals surface area (Å²) in [6.45, 7) is 1.76. The molecule has 0 amide bonds. The van der Waals surface area contributed by atoms with Crippen LogP contribution in [0.25, 0.3) is 11.3 Å². The highest BCUT2D eigenvalue weighted by atomic mass is 35.5. The minimum absolute atomic E-state index is 0.0715. The lowest BCUT2D eigenvalue weighted by atomic mass is 10.2. The summed E-state index contributed by atoms with van der Waals surface area (Å²) < 4.78 is 40.8. The standard InChI is InChI=1S/C19H16Cl2FN3O2S2/c20-14-2-4-15(5-3-14)29(26,27)25-9-7-24(8-10-25)19-23-18(12-28-19)13-1-6-16(21)17(22)11-13/h1-6,11-12H,7-10H2. The van der Waals surface area contributed by atoms with Crippen LogP contribution in [0.3, 0.4) is 0 Å². The maximum absolute atomic E-state index is 13.7. The van der Waals surface area contributed by atoms with E-state index in [0.29, 0.717) is 42.5 Å². The number of thiazole rings is 1.